The molecule has 1 aromatic carbocycles. The van der Waals surface area contributed by atoms with Crippen LogP contribution in [0.2, 0.25) is 0 Å². The molecule has 2 rings (SSSR count). The number of ether oxygens (including phenoxy) is 2. The van der Waals surface area contributed by atoms with Crippen LogP contribution in [0.3, 0.4) is 0 Å². The smallest absolute Gasteiger partial charge is 0.127 e. The molecule has 0 aromatic heterocycles. The molecule has 1 heterocycles. The maximum absolute atomic E-state index is 5.50. The second kappa shape index (κ2) is 6.34. The van der Waals surface area contributed by atoms with E-state index < -0.39 is 0 Å². The molecule has 3 nitrogen and oxygen atoms in total. The zero-order valence-electron chi connectivity index (χ0n) is 11.2. The highest BCUT2D eigenvalue weighted by molar-refractivity contribution is 8.00. The third-order valence-electron chi connectivity index (χ3n) is 3.42. The summed E-state index contributed by atoms with van der Waals surface area (Å²) in [6.45, 7) is 0. The van der Waals surface area contributed by atoms with E-state index in [1.165, 1.54) is 24.2 Å². The summed E-state index contributed by atoms with van der Waals surface area (Å²) in [6, 6.07) is 6.41. The van der Waals surface area contributed by atoms with Crippen LogP contribution < -0.4 is 14.8 Å². The Hall–Kier alpha value is -0.870. The lowest BCUT2D eigenvalue weighted by Crippen LogP contribution is -2.26. The van der Waals surface area contributed by atoms with Crippen LogP contribution >= 0.6 is 11.8 Å². The fourth-order valence-corrected chi connectivity index (χ4v) is 3.93. The van der Waals surface area contributed by atoms with E-state index in [4.69, 9.17) is 9.47 Å². The summed E-state index contributed by atoms with van der Waals surface area (Å²) in [5.41, 5.74) is 1.22. The number of nitrogens with one attached hydrogen (secondary N) is 1. The van der Waals surface area contributed by atoms with Crippen LogP contribution in [-0.2, 0) is 0 Å². The molecule has 18 heavy (non-hydrogen) atoms. The van der Waals surface area contributed by atoms with Crippen molar-refractivity contribution in [2.45, 2.75) is 24.1 Å². The lowest BCUT2D eigenvalue weighted by atomic mass is 9.99. The zero-order chi connectivity index (χ0) is 13.0. The average Bonchev–Trinajstić information content (AvgIpc) is 2.94. The molecule has 1 fully saturated rings. The van der Waals surface area contributed by atoms with Crippen molar-refractivity contribution in [1.82, 2.24) is 5.32 Å². The van der Waals surface area contributed by atoms with E-state index >= 15 is 0 Å². The average molecular weight is 267 g/mol. The fourth-order valence-electron chi connectivity index (χ4n) is 2.48. The quantitative estimate of drug-likeness (QED) is 0.888. The summed E-state index contributed by atoms with van der Waals surface area (Å²) in [4.78, 5) is 0. The van der Waals surface area contributed by atoms with Crippen LogP contribution in [0.4, 0.5) is 0 Å². The largest absolute Gasteiger partial charge is 0.497 e. The van der Waals surface area contributed by atoms with Gasteiger partial charge in [-0.3, -0.25) is 0 Å². The maximum atomic E-state index is 5.50. The van der Waals surface area contributed by atoms with Crippen molar-refractivity contribution < 1.29 is 9.47 Å². The molecule has 100 valence electrons. The molecule has 1 N–H and O–H groups in total. The zero-order valence-corrected chi connectivity index (χ0v) is 12.0. The SMILES string of the molecule is CNC(c1ccc(OC)cc1OC)C1CCCS1. The molecule has 1 aromatic rings. The number of thioether (sulfide) groups is 1. The topological polar surface area (TPSA) is 30.5 Å². The molecule has 0 spiro atoms. The van der Waals surface area contributed by atoms with Crippen molar-refractivity contribution in [3.05, 3.63) is 23.8 Å². The van der Waals surface area contributed by atoms with Gasteiger partial charge in [0.15, 0.2) is 0 Å². The monoisotopic (exact) mass is 267 g/mol. The Bertz CT molecular complexity index is 391. The molecule has 0 bridgehead atoms. The number of rotatable bonds is 5. The minimum absolute atomic E-state index is 0.346. The van der Waals surface area contributed by atoms with E-state index in [9.17, 15) is 0 Å². The molecule has 2 atom stereocenters. The molecular weight excluding hydrogens is 246 g/mol. The Balaban J connectivity index is 2.28. The Morgan fingerprint density at radius 1 is 1.33 bits per heavy atom. The van der Waals surface area contributed by atoms with Crippen LogP contribution in [0, 0.1) is 0 Å². The Morgan fingerprint density at radius 3 is 2.72 bits per heavy atom. The molecule has 4 heteroatoms. The minimum Gasteiger partial charge on any atom is -0.497 e. The number of hydrogen-bond donors (Lipinski definition) is 1. The van der Waals surface area contributed by atoms with Crippen molar-refractivity contribution in [2.75, 3.05) is 27.0 Å². The van der Waals surface area contributed by atoms with E-state index in [0.717, 1.165) is 11.5 Å². The number of methoxy groups -OCH3 is 2. The maximum Gasteiger partial charge on any atom is 0.127 e. The van der Waals surface area contributed by atoms with Crippen LogP contribution in [-0.4, -0.2) is 32.3 Å². The van der Waals surface area contributed by atoms with Crippen LogP contribution in [0.1, 0.15) is 24.4 Å². The van der Waals surface area contributed by atoms with Crippen molar-refractivity contribution in [3.63, 3.8) is 0 Å². The van der Waals surface area contributed by atoms with E-state index in [2.05, 4.69) is 11.4 Å². The molecule has 0 amide bonds. The van der Waals surface area contributed by atoms with Gasteiger partial charge >= 0.3 is 0 Å². The number of hydrogen-bond acceptors (Lipinski definition) is 4. The third-order valence-corrected chi connectivity index (χ3v) is 4.88. The molecule has 2 unspecified atom stereocenters. The summed E-state index contributed by atoms with van der Waals surface area (Å²) >= 11 is 2.05. The second-order valence-corrected chi connectivity index (χ2v) is 5.77. The first kappa shape index (κ1) is 13.6. The van der Waals surface area contributed by atoms with Crippen LogP contribution in [0.15, 0.2) is 18.2 Å². The van der Waals surface area contributed by atoms with Gasteiger partial charge in [-0.25, -0.2) is 0 Å². The van der Waals surface area contributed by atoms with Crippen molar-refractivity contribution >= 4 is 11.8 Å². The van der Waals surface area contributed by atoms with E-state index in [1.807, 2.05) is 30.9 Å². The standard InChI is InChI=1S/C14H21NO2S/c1-15-14(13-5-4-8-18-13)11-7-6-10(16-2)9-12(11)17-3/h6-7,9,13-15H,4-5,8H2,1-3H3. The Labute approximate surface area is 113 Å². The molecule has 1 saturated heterocycles. The highest BCUT2D eigenvalue weighted by Crippen LogP contribution is 2.39. The van der Waals surface area contributed by atoms with Gasteiger partial charge in [0.1, 0.15) is 11.5 Å². The summed E-state index contributed by atoms with van der Waals surface area (Å²) in [5, 5.41) is 4.07. The molecular formula is C14H21NO2S. The highest BCUT2D eigenvalue weighted by atomic mass is 32.2. The van der Waals surface area contributed by atoms with E-state index in [1.54, 1.807) is 14.2 Å². The van der Waals surface area contributed by atoms with E-state index in [-0.39, 0.29) is 0 Å². The first-order valence-corrected chi connectivity index (χ1v) is 7.35. The predicted molar refractivity (Wildman–Crippen MR) is 76.8 cm³/mol. The Kier molecular flexibility index (Phi) is 4.78. The Morgan fingerprint density at radius 2 is 2.17 bits per heavy atom. The van der Waals surface area contributed by atoms with Crippen LogP contribution in [0.25, 0.3) is 0 Å². The van der Waals surface area contributed by atoms with E-state index in [0.29, 0.717) is 11.3 Å². The van der Waals surface area contributed by atoms with Gasteiger partial charge in [-0.1, -0.05) is 6.07 Å². The summed E-state index contributed by atoms with van der Waals surface area (Å²) in [5.74, 6) is 3.01. The lowest BCUT2D eigenvalue weighted by molar-refractivity contribution is 0.384. The fraction of sp³-hybridized carbons (Fsp3) is 0.571. The van der Waals surface area contributed by atoms with Crippen molar-refractivity contribution in [1.29, 1.82) is 0 Å². The lowest BCUT2D eigenvalue weighted by Gasteiger charge is -2.24. The van der Waals surface area contributed by atoms with Gasteiger partial charge in [0.25, 0.3) is 0 Å². The first-order chi connectivity index (χ1) is 8.80. The summed E-state index contributed by atoms with van der Waals surface area (Å²) in [6.07, 6.45) is 2.58. The third kappa shape index (κ3) is 2.75. The number of benzene rings is 1. The minimum atomic E-state index is 0.346. The van der Waals surface area contributed by atoms with Crippen LogP contribution in [0.5, 0.6) is 11.5 Å². The van der Waals surface area contributed by atoms with Gasteiger partial charge in [0, 0.05) is 22.9 Å². The van der Waals surface area contributed by atoms with Crippen molar-refractivity contribution in [3.8, 4) is 11.5 Å². The molecule has 1 aliphatic heterocycles. The van der Waals surface area contributed by atoms with Gasteiger partial charge in [-0.2, -0.15) is 11.8 Å². The van der Waals surface area contributed by atoms with Gasteiger partial charge in [-0.05, 0) is 31.7 Å². The molecule has 0 radical (unpaired) electrons. The highest BCUT2D eigenvalue weighted by Gasteiger charge is 2.27. The molecule has 0 saturated carbocycles. The molecule has 0 aliphatic carbocycles. The second-order valence-electron chi connectivity index (χ2n) is 4.43. The van der Waals surface area contributed by atoms with Gasteiger partial charge in [0.2, 0.25) is 0 Å². The predicted octanol–water partition coefficient (Wildman–Crippen LogP) is 2.86. The summed E-state index contributed by atoms with van der Waals surface area (Å²) in [7, 11) is 5.41. The molecule has 1 aliphatic rings. The van der Waals surface area contributed by atoms with Gasteiger partial charge < -0.3 is 14.8 Å². The van der Waals surface area contributed by atoms with Crippen molar-refractivity contribution in [2.24, 2.45) is 0 Å². The first-order valence-electron chi connectivity index (χ1n) is 6.31. The normalized spacial score (nSPS) is 20.7. The summed E-state index contributed by atoms with van der Waals surface area (Å²) < 4.78 is 10.7. The van der Waals surface area contributed by atoms with Gasteiger partial charge in [-0.15, -0.1) is 0 Å². The van der Waals surface area contributed by atoms with Gasteiger partial charge in [0.05, 0.1) is 14.2 Å².